The number of nitrogens with two attached hydrogens (primary N) is 1. The first-order valence-corrected chi connectivity index (χ1v) is 3.93. The van der Waals surface area contributed by atoms with Gasteiger partial charge in [-0.15, -0.1) is 12.4 Å². The quantitative estimate of drug-likeness (QED) is 0.720. The Kier molecular flexibility index (Phi) is 5.19. The molecule has 1 rings (SSSR count). The highest BCUT2D eigenvalue weighted by atomic mass is 35.5. The van der Waals surface area contributed by atoms with Crippen LogP contribution in [0.2, 0.25) is 0 Å². The Bertz CT molecular complexity index is 301. The van der Waals surface area contributed by atoms with Gasteiger partial charge < -0.3 is 15.0 Å². The summed E-state index contributed by atoms with van der Waals surface area (Å²) in [4.78, 5) is 14.9. The van der Waals surface area contributed by atoms with Crippen LogP contribution in [0.15, 0.2) is 12.5 Å². The molecule has 0 spiro atoms. The van der Waals surface area contributed by atoms with Gasteiger partial charge in [-0.25, -0.2) is 4.98 Å². The van der Waals surface area contributed by atoms with Crippen molar-refractivity contribution in [1.82, 2.24) is 9.55 Å². The molecule has 1 aromatic rings. The molecule has 6 heteroatoms. The molecule has 0 bridgehead atoms. The van der Waals surface area contributed by atoms with E-state index in [0.29, 0.717) is 6.42 Å². The summed E-state index contributed by atoms with van der Waals surface area (Å²) in [5, 5.41) is 0. The highest BCUT2D eigenvalue weighted by molar-refractivity contribution is 5.85. The molecule has 80 valence electrons. The van der Waals surface area contributed by atoms with Crippen LogP contribution in [0.5, 0.6) is 0 Å². The minimum Gasteiger partial charge on any atom is -0.468 e. The van der Waals surface area contributed by atoms with E-state index in [-0.39, 0.29) is 12.4 Å². The number of methoxy groups -OCH3 is 1. The predicted octanol–water partition coefficient (Wildman–Crippen LogP) is -0.115. The van der Waals surface area contributed by atoms with E-state index >= 15 is 0 Å². The van der Waals surface area contributed by atoms with E-state index in [1.807, 2.05) is 11.6 Å². The summed E-state index contributed by atoms with van der Waals surface area (Å²) < 4.78 is 6.33. The third kappa shape index (κ3) is 3.01. The number of esters is 1. The van der Waals surface area contributed by atoms with Crippen molar-refractivity contribution in [2.24, 2.45) is 12.8 Å². The molecule has 0 aliphatic rings. The van der Waals surface area contributed by atoms with Gasteiger partial charge in [-0.3, -0.25) is 4.79 Å². The van der Waals surface area contributed by atoms with Crippen molar-refractivity contribution in [3.05, 3.63) is 18.2 Å². The Morgan fingerprint density at radius 2 is 2.43 bits per heavy atom. The number of aromatic nitrogens is 2. The second-order valence-corrected chi connectivity index (χ2v) is 2.83. The first kappa shape index (κ1) is 12.9. The van der Waals surface area contributed by atoms with Crippen LogP contribution in [0.1, 0.15) is 5.69 Å². The van der Waals surface area contributed by atoms with Gasteiger partial charge in [-0.1, -0.05) is 0 Å². The number of hydrogen-bond donors (Lipinski definition) is 1. The maximum absolute atomic E-state index is 11.0. The zero-order chi connectivity index (χ0) is 9.84. The second kappa shape index (κ2) is 5.62. The van der Waals surface area contributed by atoms with E-state index < -0.39 is 12.0 Å². The lowest BCUT2D eigenvalue weighted by atomic mass is 10.2. The topological polar surface area (TPSA) is 70.1 Å². The molecule has 0 fully saturated rings. The molecule has 1 aromatic heterocycles. The lowest BCUT2D eigenvalue weighted by Gasteiger charge is -2.08. The van der Waals surface area contributed by atoms with Gasteiger partial charge in [0.25, 0.3) is 0 Å². The van der Waals surface area contributed by atoms with Crippen molar-refractivity contribution in [2.45, 2.75) is 12.5 Å². The van der Waals surface area contributed by atoms with Gasteiger partial charge in [0.1, 0.15) is 6.04 Å². The van der Waals surface area contributed by atoms with Crippen molar-refractivity contribution in [1.29, 1.82) is 0 Å². The number of halogens is 1. The number of imidazole rings is 1. The van der Waals surface area contributed by atoms with E-state index in [1.165, 1.54) is 7.11 Å². The summed E-state index contributed by atoms with van der Waals surface area (Å²) in [6.07, 6.45) is 3.80. The van der Waals surface area contributed by atoms with Crippen LogP contribution in [-0.2, 0) is 23.0 Å². The molecule has 1 heterocycles. The summed E-state index contributed by atoms with van der Waals surface area (Å²) in [7, 11) is 3.18. The molecule has 0 unspecified atom stereocenters. The number of nitrogens with zero attached hydrogens (tertiary/aromatic N) is 2. The molecule has 0 aliphatic carbocycles. The van der Waals surface area contributed by atoms with Crippen LogP contribution in [-0.4, -0.2) is 28.7 Å². The molecular formula is C8H14ClN3O2. The second-order valence-electron chi connectivity index (χ2n) is 2.83. The minimum absolute atomic E-state index is 0. The molecule has 14 heavy (non-hydrogen) atoms. The van der Waals surface area contributed by atoms with Crippen molar-refractivity contribution in [3.8, 4) is 0 Å². The first-order chi connectivity index (χ1) is 6.15. The lowest BCUT2D eigenvalue weighted by Crippen LogP contribution is -2.34. The summed E-state index contributed by atoms with van der Waals surface area (Å²) in [5.41, 5.74) is 6.49. The maximum Gasteiger partial charge on any atom is 0.323 e. The van der Waals surface area contributed by atoms with Crippen molar-refractivity contribution >= 4 is 18.4 Å². The SMILES string of the molecule is COC(=O)[C@H](N)Cc1cncn1C.Cl. The van der Waals surface area contributed by atoms with Crippen LogP contribution in [0.4, 0.5) is 0 Å². The summed E-state index contributed by atoms with van der Waals surface area (Å²) in [6.45, 7) is 0. The summed E-state index contributed by atoms with van der Waals surface area (Å²) in [5.74, 6) is -0.402. The van der Waals surface area contributed by atoms with Crippen LogP contribution >= 0.6 is 12.4 Å². The van der Waals surface area contributed by atoms with Crippen molar-refractivity contribution < 1.29 is 9.53 Å². The summed E-state index contributed by atoms with van der Waals surface area (Å²) in [6, 6.07) is -0.611. The first-order valence-electron chi connectivity index (χ1n) is 3.93. The van der Waals surface area contributed by atoms with Gasteiger partial charge in [-0.2, -0.15) is 0 Å². The van der Waals surface area contributed by atoms with Gasteiger partial charge in [0, 0.05) is 25.4 Å². The third-order valence-corrected chi connectivity index (χ3v) is 1.85. The average Bonchev–Trinajstić information content (AvgIpc) is 2.50. The van der Waals surface area contributed by atoms with E-state index in [1.54, 1.807) is 12.5 Å². The van der Waals surface area contributed by atoms with Crippen LogP contribution in [0, 0.1) is 0 Å². The Balaban J connectivity index is 0.00000169. The molecule has 0 saturated carbocycles. The predicted molar refractivity (Wildman–Crippen MR) is 54.2 cm³/mol. The molecule has 0 aromatic carbocycles. The van der Waals surface area contributed by atoms with E-state index in [2.05, 4.69) is 9.72 Å². The standard InChI is InChI=1S/C8H13N3O2.ClH/c1-11-5-10-4-6(11)3-7(9)8(12)13-2;/h4-5,7H,3,9H2,1-2H3;1H/t7-;/m1./s1. The van der Waals surface area contributed by atoms with Crippen molar-refractivity contribution in [3.63, 3.8) is 0 Å². The van der Waals surface area contributed by atoms with E-state index in [0.717, 1.165) is 5.69 Å². The fourth-order valence-corrected chi connectivity index (χ4v) is 1.04. The van der Waals surface area contributed by atoms with Gasteiger partial charge in [-0.05, 0) is 0 Å². The molecule has 0 amide bonds. The zero-order valence-corrected chi connectivity index (χ0v) is 8.95. The monoisotopic (exact) mass is 219 g/mol. The highest BCUT2D eigenvalue weighted by Gasteiger charge is 2.15. The normalized spacial score (nSPS) is 11.6. The molecule has 2 N–H and O–H groups in total. The smallest absolute Gasteiger partial charge is 0.323 e. The van der Waals surface area contributed by atoms with Crippen LogP contribution < -0.4 is 5.73 Å². The molecule has 0 saturated heterocycles. The fraction of sp³-hybridized carbons (Fsp3) is 0.500. The number of hydrogen-bond acceptors (Lipinski definition) is 4. The molecule has 5 nitrogen and oxygen atoms in total. The maximum atomic E-state index is 11.0. The number of carbonyl (C=O) groups excluding carboxylic acids is 1. The van der Waals surface area contributed by atoms with Crippen LogP contribution in [0.3, 0.4) is 0 Å². The van der Waals surface area contributed by atoms with Gasteiger partial charge in [0.05, 0.1) is 13.4 Å². The van der Waals surface area contributed by atoms with E-state index in [9.17, 15) is 4.79 Å². The number of aryl methyl sites for hydroxylation is 1. The Morgan fingerprint density at radius 1 is 1.79 bits per heavy atom. The fourth-order valence-electron chi connectivity index (χ4n) is 1.04. The number of carbonyl (C=O) groups is 1. The van der Waals surface area contributed by atoms with Gasteiger partial charge in [0.2, 0.25) is 0 Å². The molecule has 0 radical (unpaired) electrons. The van der Waals surface area contributed by atoms with Gasteiger partial charge in [0.15, 0.2) is 0 Å². The average molecular weight is 220 g/mol. The van der Waals surface area contributed by atoms with E-state index in [4.69, 9.17) is 5.73 Å². The molecule has 0 aliphatic heterocycles. The summed E-state index contributed by atoms with van der Waals surface area (Å²) >= 11 is 0. The minimum atomic E-state index is -0.611. The Hall–Kier alpha value is -1.07. The van der Waals surface area contributed by atoms with Gasteiger partial charge >= 0.3 is 5.97 Å². The highest BCUT2D eigenvalue weighted by Crippen LogP contribution is 2.00. The third-order valence-electron chi connectivity index (χ3n) is 1.85. The Morgan fingerprint density at radius 3 is 2.86 bits per heavy atom. The zero-order valence-electron chi connectivity index (χ0n) is 8.14. The lowest BCUT2D eigenvalue weighted by molar-refractivity contribution is -0.142. The Labute approximate surface area is 88.7 Å². The van der Waals surface area contributed by atoms with Crippen LogP contribution in [0.25, 0.3) is 0 Å². The molecule has 1 atom stereocenters. The van der Waals surface area contributed by atoms with Crippen molar-refractivity contribution in [2.75, 3.05) is 7.11 Å². The number of rotatable bonds is 3. The largest absolute Gasteiger partial charge is 0.468 e. The molecular weight excluding hydrogens is 206 g/mol. The number of ether oxygens (including phenoxy) is 1.